The Balaban J connectivity index is 1.98. The van der Waals surface area contributed by atoms with E-state index in [2.05, 4.69) is 15.0 Å². The summed E-state index contributed by atoms with van der Waals surface area (Å²) in [5, 5.41) is 4.49. The first-order valence-corrected chi connectivity index (χ1v) is 10.4. The third-order valence-corrected chi connectivity index (χ3v) is 4.64. The van der Waals surface area contributed by atoms with Crippen molar-refractivity contribution in [2.24, 2.45) is 0 Å². The lowest BCUT2D eigenvalue weighted by molar-refractivity contribution is -0.140. The second kappa shape index (κ2) is 11.3. The van der Waals surface area contributed by atoms with Gasteiger partial charge < -0.3 is 19.1 Å². The Hall–Kier alpha value is -3.36. The molecule has 9 heteroatoms. The predicted molar refractivity (Wildman–Crippen MR) is 120 cm³/mol. The number of carbonyl (C=O) groups excluding carboxylic acids is 3. The molecule has 0 aliphatic heterocycles. The average molecular weight is 446 g/mol. The number of pyridine rings is 1. The first-order valence-electron chi connectivity index (χ1n) is 10.4. The summed E-state index contributed by atoms with van der Waals surface area (Å²) in [5.74, 6) is 0.0150. The van der Waals surface area contributed by atoms with Crippen molar-refractivity contribution in [3.63, 3.8) is 0 Å². The molecule has 0 spiro atoms. The quantitative estimate of drug-likeness (QED) is 0.475. The highest BCUT2D eigenvalue weighted by Crippen LogP contribution is 2.17. The van der Waals surface area contributed by atoms with Gasteiger partial charge in [0.1, 0.15) is 18.0 Å². The molecule has 9 nitrogen and oxygen atoms in total. The van der Waals surface area contributed by atoms with E-state index in [1.165, 1.54) is 12.0 Å². The molecule has 1 unspecified atom stereocenters. The van der Waals surface area contributed by atoms with E-state index < -0.39 is 23.8 Å². The van der Waals surface area contributed by atoms with Crippen LogP contribution in [0.15, 0.2) is 36.5 Å². The van der Waals surface area contributed by atoms with Crippen molar-refractivity contribution in [3.05, 3.63) is 36.5 Å². The summed E-state index contributed by atoms with van der Waals surface area (Å²) in [7, 11) is 2.89. The standard InChI is InChI=1S/C23H31N3O6/c1-23(2,3)32-22(29)26(4)18(11-8-12-20(27)30-5)15-31-21(28)25-19-13-16-9-6-7-10-17(16)14-24-19/h6-7,9-10,13-14,18H,8,11-12,15H2,1-5H3,(H,24,25,28). The van der Waals surface area contributed by atoms with Gasteiger partial charge in [0.2, 0.25) is 0 Å². The van der Waals surface area contributed by atoms with Crippen molar-refractivity contribution < 1.29 is 28.6 Å². The van der Waals surface area contributed by atoms with Gasteiger partial charge in [0.15, 0.2) is 0 Å². The molecule has 0 saturated carbocycles. The summed E-state index contributed by atoms with van der Waals surface area (Å²) < 4.78 is 15.4. The molecule has 1 aromatic carbocycles. The van der Waals surface area contributed by atoms with Gasteiger partial charge in [0, 0.05) is 25.1 Å². The van der Waals surface area contributed by atoms with Gasteiger partial charge in [-0.15, -0.1) is 0 Å². The van der Waals surface area contributed by atoms with Crippen molar-refractivity contribution in [1.82, 2.24) is 9.88 Å². The topological polar surface area (TPSA) is 107 Å². The van der Waals surface area contributed by atoms with Crippen LogP contribution in [0.5, 0.6) is 0 Å². The zero-order chi connectivity index (χ0) is 23.7. The Morgan fingerprint density at radius 1 is 1.16 bits per heavy atom. The van der Waals surface area contributed by atoms with Crippen LogP contribution >= 0.6 is 0 Å². The van der Waals surface area contributed by atoms with Crippen molar-refractivity contribution in [2.75, 3.05) is 26.1 Å². The third-order valence-electron chi connectivity index (χ3n) is 4.64. The highest BCUT2D eigenvalue weighted by atomic mass is 16.6. The molecule has 1 atom stereocenters. The second-order valence-electron chi connectivity index (χ2n) is 8.35. The number of methoxy groups -OCH3 is 1. The zero-order valence-electron chi connectivity index (χ0n) is 19.2. The highest BCUT2D eigenvalue weighted by Gasteiger charge is 2.26. The Kier molecular flexibility index (Phi) is 8.80. The summed E-state index contributed by atoms with van der Waals surface area (Å²) in [6, 6.07) is 8.92. The summed E-state index contributed by atoms with van der Waals surface area (Å²) in [6.07, 6.45) is 1.51. The first-order chi connectivity index (χ1) is 15.1. The number of amides is 2. The van der Waals surface area contributed by atoms with Crippen LogP contribution in [0.1, 0.15) is 40.0 Å². The van der Waals surface area contributed by atoms with E-state index in [4.69, 9.17) is 9.47 Å². The van der Waals surface area contributed by atoms with Crippen molar-refractivity contribution in [1.29, 1.82) is 0 Å². The number of hydrogen-bond acceptors (Lipinski definition) is 7. The SMILES string of the molecule is COC(=O)CCCC(COC(=O)Nc1cc2ccccc2cn1)N(C)C(=O)OC(C)(C)C. The summed E-state index contributed by atoms with van der Waals surface area (Å²) in [4.78, 5) is 41.8. The molecule has 0 aliphatic carbocycles. The van der Waals surface area contributed by atoms with Crippen LogP contribution in [-0.4, -0.2) is 60.4 Å². The molecule has 32 heavy (non-hydrogen) atoms. The predicted octanol–water partition coefficient (Wildman–Crippen LogP) is 4.36. The van der Waals surface area contributed by atoms with Gasteiger partial charge in [0.05, 0.1) is 13.2 Å². The van der Waals surface area contributed by atoms with Gasteiger partial charge in [-0.1, -0.05) is 24.3 Å². The van der Waals surface area contributed by atoms with Crippen LogP contribution in [0.2, 0.25) is 0 Å². The Bertz CT molecular complexity index is 941. The number of nitrogens with zero attached hydrogens (tertiary/aromatic N) is 2. The number of nitrogens with one attached hydrogen (secondary N) is 1. The van der Waals surface area contributed by atoms with Gasteiger partial charge in [0.25, 0.3) is 0 Å². The molecule has 2 aromatic rings. The number of esters is 1. The highest BCUT2D eigenvalue weighted by molar-refractivity contribution is 5.89. The maximum absolute atomic E-state index is 12.5. The number of hydrogen-bond donors (Lipinski definition) is 1. The molecular formula is C23H31N3O6. The molecule has 0 saturated heterocycles. The zero-order valence-corrected chi connectivity index (χ0v) is 19.2. The van der Waals surface area contributed by atoms with E-state index in [1.54, 1.807) is 40.1 Å². The average Bonchev–Trinajstić information content (AvgIpc) is 2.74. The van der Waals surface area contributed by atoms with E-state index in [9.17, 15) is 14.4 Å². The molecule has 1 aromatic heterocycles. The number of anilines is 1. The van der Waals surface area contributed by atoms with Crippen LogP contribution in [0.4, 0.5) is 15.4 Å². The number of benzene rings is 1. The Morgan fingerprint density at radius 3 is 2.50 bits per heavy atom. The maximum Gasteiger partial charge on any atom is 0.412 e. The minimum atomic E-state index is -0.691. The minimum absolute atomic E-state index is 0.0731. The molecule has 2 rings (SSSR count). The molecule has 1 N–H and O–H groups in total. The second-order valence-corrected chi connectivity index (χ2v) is 8.35. The van der Waals surface area contributed by atoms with Crippen LogP contribution in [0, 0.1) is 0 Å². The number of aromatic nitrogens is 1. The van der Waals surface area contributed by atoms with Crippen molar-refractivity contribution in [3.8, 4) is 0 Å². The fourth-order valence-corrected chi connectivity index (χ4v) is 2.92. The third kappa shape index (κ3) is 8.05. The van der Waals surface area contributed by atoms with E-state index in [1.807, 2.05) is 24.3 Å². The molecule has 0 bridgehead atoms. The molecule has 2 amide bonds. The lowest BCUT2D eigenvalue weighted by Gasteiger charge is -2.30. The van der Waals surface area contributed by atoms with Gasteiger partial charge in [-0.3, -0.25) is 10.1 Å². The van der Waals surface area contributed by atoms with Crippen LogP contribution < -0.4 is 5.32 Å². The maximum atomic E-state index is 12.5. The van der Waals surface area contributed by atoms with Gasteiger partial charge >= 0.3 is 18.2 Å². The number of ether oxygens (including phenoxy) is 3. The number of rotatable bonds is 8. The number of likely N-dealkylation sites (N-methyl/N-ethyl adjacent to an activating group) is 1. The Morgan fingerprint density at radius 2 is 1.84 bits per heavy atom. The van der Waals surface area contributed by atoms with Crippen molar-refractivity contribution >= 4 is 34.7 Å². The molecule has 0 radical (unpaired) electrons. The molecule has 1 heterocycles. The fraction of sp³-hybridized carbons (Fsp3) is 0.478. The largest absolute Gasteiger partial charge is 0.469 e. The number of carbonyl (C=O) groups is 3. The van der Waals surface area contributed by atoms with Gasteiger partial charge in [-0.05, 0) is 45.1 Å². The van der Waals surface area contributed by atoms with Crippen LogP contribution in [0.25, 0.3) is 10.8 Å². The summed E-state index contributed by atoms with van der Waals surface area (Å²) >= 11 is 0. The fourth-order valence-electron chi connectivity index (χ4n) is 2.92. The number of fused-ring (bicyclic) bond motifs is 1. The normalized spacial score (nSPS) is 12.0. The lowest BCUT2D eigenvalue weighted by atomic mass is 10.1. The van der Waals surface area contributed by atoms with Gasteiger partial charge in [-0.25, -0.2) is 14.6 Å². The van der Waals surface area contributed by atoms with E-state index in [-0.39, 0.29) is 19.0 Å². The van der Waals surface area contributed by atoms with Crippen LogP contribution in [-0.2, 0) is 19.0 Å². The van der Waals surface area contributed by atoms with E-state index >= 15 is 0 Å². The summed E-state index contributed by atoms with van der Waals surface area (Å²) in [5.41, 5.74) is -0.665. The smallest absolute Gasteiger partial charge is 0.412 e. The minimum Gasteiger partial charge on any atom is -0.469 e. The van der Waals surface area contributed by atoms with Crippen molar-refractivity contribution in [2.45, 2.75) is 51.7 Å². The molecule has 0 fully saturated rings. The molecular weight excluding hydrogens is 414 g/mol. The van der Waals surface area contributed by atoms with E-state index in [0.29, 0.717) is 18.7 Å². The first kappa shape index (κ1) is 24.9. The van der Waals surface area contributed by atoms with E-state index in [0.717, 1.165) is 10.8 Å². The monoisotopic (exact) mass is 445 g/mol. The molecule has 0 aliphatic rings. The van der Waals surface area contributed by atoms with Gasteiger partial charge in [-0.2, -0.15) is 0 Å². The van der Waals surface area contributed by atoms with Crippen LogP contribution in [0.3, 0.4) is 0 Å². The molecule has 174 valence electrons. The summed E-state index contributed by atoms with van der Waals surface area (Å²) in [6.45, 7) is 5.23. The Labute approximate surface area is 188 Å². The lowest BCUT2D eigenvalue weighted by Crippen LogP contribution is -2.43.